The third-order valence-electron chi connectivity index (χ3n) is 10.2. The molecule has 0 amide bonds. The van der Waals surface area contributed by atoms with Crippen molar-refractivity contribution in [2.75, 3.05) is 24.7 Å². The standard InChI is InChI=1S/C50H56NO2PS2/c51-54(52-39-23-1-3-25-41-55-49(43-27-11-5-12-28-43,44-29-13-6-14-30-44)45-31-15-7-16-32-45)53-40-24-2-4-26-42-56-50(46-33-17-8-18-34-46,47-35-19-9-20-36-47)48-37-21-10-22-38-48/h5-22,27-38H,1-4,23-26,39-42,51H2. The van der Waals surface area contributed by atoms with Crippen molar-refractivity contribution in [3.8, 4) is 0 Å². The summed E-state index contributed by atoms with van der Waals surface area (Å²) in [5, 5.41) is 0. The SMILES string of the molecule is NP(OCCCCCCSC(c1ccccc1)(c1ccccc1)c1ccccc1)OCCCCCCSC(c1ccccc1)(c1ccccc1)c1ccccc1. The van der Waals surface area contributed by atoms with Gasteiger partial charge in [0.15, 0.2) is 0 Å². The summed E-state index contributed by atoms with van der Waals surface area (Å²) in [5.74, 6) is 2.14. The normalized spacial score (nSPS) is 11.9. The maximum absolute atomic E-state index is 6.24. The van der Waals surface area contributed by atoms with E-state index >= 15 is 0 Å². The van der Waals surface area contributed by atoms with Gasteiger partial charge >= 0.3 is 0 Å². The van der Waals surface area contributed by atoms with Crippen molar-refractivity contribution < 1.29 is 9.05 Å². The number of nitrogens with two attached hydrogens (primary N) is 1. The van der Waals surface area contributed by atoms with Gasteiger partial charge in [0.05, 0.1) is 22.7 Å². The smallest absolute Gasteiger partial charge is 0.252 e. The lowest BCUT2D eigenvalue weighted by Crippen LogP contribution is -2.26. The Morgan fingerprint density at radius 2 is 0.571 bits per heavy atom. The molecule has 3 nitrogen and oxygen atoms in total. The minimum atomic E-state index is -1.33. The van der Waals surface area contributed by atoms with Gasteiger partial charge in [-0.05, 0) is 70.6 Å². The van der Waals surface area contributed by atoms with Gasteiger partial charge in [-0.2, -0.15) is 0 Å². The zero-order chi connectivity index (χ0) is 38.6. The lowest BCUT2D eigenvalue weighted by Gasteiger charge is -2.35. The van der Waals surface area contributed by atoms with E-state index < -0.39 is 8.53 Å². The van der Waals surface area contributed by atoms with Gasteiger partial charge in [-0.3, -0.25) is 5.50 Å². The molecule has 0 radical (unpaired) electrons. The molecule has 0 atom stereocenters. The van der Waals surface area contributed by atoms with E-state index in [1.165, 1.54) is 33.4 Å². The molecule has 6 aromatic rings. The number of rotatable bonds is 24. The minimum Gasteiger partial charge on any atom is -0.322 e. The Morgan fingerprint density at radius 3 is 0.821 bits per heavy atom. The molecule has 290 valence electrons. The zero-order valence-corrected chi connectivity index (χ0v) is 35.0. The molecule has 0 aliphatic heterocycles. The maximum atomic E-state index is 6.24. The first-order valence-corrected chi connectivity index (χ1v) is 23.4. The van der Waals surface area contributed by atoms with Crippen LogP contribution in [0.25, 0.3) is 0 Å². The van der Waals surface area contributed by atoms with Crippen molar-refractivity contribution in [2.45, 2.75) is 60.9 Å². The van der Waals surface area contributed by atoms with Crippen LogP contribution in [0.2, 0.25) is 0 Å². The average molecular weight is 798 g/mol. The molecule has 0 unspecified atom stereocenters. The summed E-state index contributed by atoms with van der Waals surface area (Å²) < 4.78 is 11.3. The third-order valence-corrected chi connectivity index (χ3v) is 14.4. The molecular formula is C50H56NO2PS2. The van der Waals surface area contributed by atoms with Crippen molar-refractivity contribution in [1.82, 2.24) is 0 Å². The van der Waals surface area contributed by atoms with Gasteiger partial charge in [-0.25, -0.2) is 0 Å². The fourth-order valence-corrected chi connectivity index (χ4v) is 11.3. The Kier molecular flexibility index (Phi) is 17.2. The van der Waals surface area contributed by atoms with E-state index in [-0.39, 0.29) is 9.49 Å². The molecule has 0 aliphatic rings. The molecule has 0 aliphatic carbocycles. The average Bonchev–Trinajstić information content (AvgIpc) is 3.27. The molecule has 0 saturated carbocycles. The van der Waals surface area contributed by atoms with E-state index in [1.54, 1.807) is 0 Å². The van der Waals surface area contributed by atoms with Gasteiger partial charge in [0.1, 0.15) is 0 Å². The summed E-state index contributed by atoms with van der Waals surface area (Å²) in [6.45, 7) is 1.31. The Bertz CT molecular complexity index is 1580. The zero-order valence-electron chi connectivity index (χ0n) is 32.5. The Morgan fingerprint density at radius 1 is 0.339 bits per heavy atom. The van der Waals surface area contributed by atoms with Crippen LogP contribution in [-0.4, -0.2) is 24.7 Å². The van der Waals surface area contributed by atoms with Crippen LogP contribution in [0.1, 0.15) is 84.7 Å². The Hall–Kier alpha value is -3.67. The van der Waals surface area contributed by atoms with Crippen molar-refractivity contribution in [2.24, 2.45) is 5.50 Å². The minimum absolute atomic E-state index is 0.252. The molecular weight excluding hydrogens is 742 g/mol. The Balaban J connectivity index is 0.876. The summed E-state index contributed by atoms with van der Waals surface area (Å²) in [6.07, 6.45) is 8.87. The predicted molar refractivity (Wildman–Crippen MR) is 243 cm³/mol. The largest absolute Gasteiger partial charge is 0.322 e. The second-order valence-corrected chi connectivity index (χ2v) is 17.7. The van der Waals surface area contributed by atoms with Gasteiger partial charge in [0, 0.05) is 0 Å². The molecule has 0 fully saturated rings. The summed E-state index contributed by atoms with van der Waals surface area (Å²) in [4.78, 5) is 0. The molecule has 6 heteroatoms. The van der Waals surface area contributed by atoms with Crippen molar-refractivity contribution in [3.63, 3.8) is 0 Å². The third kappa shape index (κ3) is 11.3. The van der Waals surface area contributed by atoms with Crippen LogP contribution in [0, 0.1) is 0 Å². The predicted octanol–water partition coefficient (Wildman–Crippen LogP) is 13.8. The van der Waals surface area contributed by atoms with Crippen LogP contribution < -0.4 is 5.50 Å². The fraction of sp³-hybridized carbons (Fsp3) is 0.280. The van der Waals surface area contributed by atoms with E-state index in [0.717, 1.165) is 62.9 Å². The molecule has 56 heavy (non-hydrogen) atoms. The lowest BCUT2D eigenvalue weighted by atomic mass is 9.84. The van der Waals surface area contributed by atoms with Crippen molar-refractivity contribution >= 4 is 32.0 Å². The monoisotopic (exact) mass is 797 g/mol. The molecule has 0 heterocycles. The second kappa shape index (κ2) is 22.9. The summed E-state index contributed by atoms with van der Waals surface area (Å²) in [5.41, 5.74) is 14.1. The number of thioether (sulfide) groups is 2. The van der Waals surface area contributed by atoms with E-state index in [2.05, 4.69) is 182 Å². The van der Waals surface area contributed by atoms with Crippen molar-refractivity contribution in [3.05, 3.63) is 215 Å². The lowest BCUT2D eigenvalue weighted by molar-refractivity contribution is 0.240. The summed E-state index contributed by atoms with van der Waals surface area (Å²) >= 11 is 4.09. The highest BCUT2D eigenvalue weighted by Crippen LogP contribution is 2.50. The van der Waals surface area contributed by atoms with Gasteiger partial charge < -0.3 is 9.05 Å². The summed E-state index contributed by atoms with van der Waals surface area (Å²) in [7, 11) is -1.33. The fourth-order valence-electron chi connectivity index (χ4n) is 7.45. The van der Waals surface area contributed by atoms with Gasteiger partial charge in [-0.15, -0.1) is 23.5 Å². The molecule has 0 bridgehead atoms. The molecule has 0 spiro atoms. The van der Waals surface area contributed by atoms with Gasteiger partial charge in [-0.1, -0.05) is 208 Å². The molecule has 2 N–H and O–H groups in total. The number of hydrogen-bond donors (Lipinski definition) is 1. The highest BCUT2D eigenvalue weighted by Gasteiger charge is 2.37. The van der Waals surface area contributed by atoms with Gasteiger partial charge in [0.2, 0.25) is 0 Å². The maximum Gasteiger partial charge on any atom is 0.252 e. The quantitative estimate of drug-likeness (QED) is 0.0375. The summed E-state index contributed by atoms with van der Waals surface area (Å²) in [6, 6.07) is 65.7. The topological polar surface area (TPSA) is 44.5 Å². The molecule has 6 rings (SSSR count). The van der Waals surface area contributed by atoms with Crippen LogP contribution in [0.3, 0.4) is 0 Å². The molecule has 6 aromatic carbocycles. The first-order valence-electron chi connectivity index (χ1n) is 20.2. The van der Waals surface area contributed by atoms with Crippen LogP contribution in [0.15, 0.2) is 182 Å². The first-order chi connectivity index (χ1) is 27.7. The van der Waals surface area contributed by atoms with Crippen molar-refractivity contribution in [1.29, 1.82) is 0 Å². The van der Waals surface area contributed by atoms with Crippen LogP contribution in [0.5, 0.6) is 0 Å². The van der Waals surface area contributed by atoms with E-state index in [9.17, 15) is 0 Å². The second-order valence-electron chi connectivity index (χ2n) is 14.0. The highest BCUT2D eigenvalue weighted by molar-refractivity contribution is 8.00. The van der Waals surface area contributed by atoms with Crippen LogP contribution in [-0.2, 0) is 18.5 Å². The number of hydrogen-bond acceptors (Lipinski definition) is 5. The Labute approximate surface area is 345 Å². The molecule has 0 aromatic heterocycles. The first kappa shape index (κ1) is 41.9. The van der Waals surface area contributed by atoms with Crippen LogP contribution >= 0.6 is 32.0 Å². The van der Waals surface area contributed by atoms with E-state index in [0.29, 0.717) is 13.2 Å². The highest BCUT2D eigenvalue weighted by atomic mass is 32.2. The van der Waals surface area contributed by atoms with E-state index in [4.69, 9.17) is 14.6 Å². The number of benzene rings is 6. The van der Waals surface area contributed by atoms with Crippen LogP contribution in [0.4, 0.5) is 0 Å². The molecule has 0 saturated heterocycles. The number of unbranched alkanes of at least 4 members (excludes halogenated alkanes) is 6. The van der Waals surface area contributed by atoms with Gasteiger partial charge in [0.25, 0.3) is 8.53 Å². The van der Waals surface area contributed by atoms with E-state index in [1.807, 2.05) is 23.5 Å².